The van der Waals surface area contributed by atoms with E-state index in [0.717, 1.165) is 0 Å². The van der Waals surface area contributed by atoms with Crippen molar-refractivity contribution in [1.82, 2.24) is 0 Å². The second-order valence-corrected chi connectivity index (χ2v) is 3.59. The third-order valence-electron chi connectivity index (χ3n) is 2.06. The van der Waals surface area contributed by atoms with Gasteiger partial charge in [0.25, 0.3) is 5.24 Å². The molecule has 0 heterocycles. The number of hydrogen-bond donors (Lipinski definition) is 2. The molecule has 1 rings (SSSR count). The first-order valence-electron chi connectivity index (χ1n) is 4.86. The van der Waals surface area contributed by atoms with Gasteiger partial charge >= 0.3 is 7.12 Å². The Bertz CT molecular complexity index is 354. The molecule has 86 valence electrons. The molecule has 1 aromatic carbocycles. The minimum Gasteiger partial charge on any atom is -0.423 e. The Labute approximate surface area is 99.0 Å². The average molecular weight is 242 g/mol. The molecule has 0 aliphatic rings. The van der Waals surface area contributed by atoms with Gasteiger partial charge in [0.05, 0.1) is 0 Å². The predicted octanol–water partition coefficient (Wildman–Crippen LogP) is 0.498. The summed E-state index contributed by atoms with van der Waals surface area (Å²) >= 11 is 5.27. The van der Waals surface area contributed by atoms with Crippen LogP contribution in [0.15, 0.2) is 24.3 Å². The van der Waals surface area contributed by atoms with Crippen LogP contribution in [0.1, 0.15) is 23.7 Å². The van der Waals surface area contributed by atoms with Crippen LogP contribution in [0.4, 0.5) is 0 Å². The maximum atomic E-state index is 10.8. The lowest BCUT2D eigenvalue weighted by molar-refractivity contribution is -0.0308. The van der Waals surface area contributed by atoms with Crippen LogP contribution in [0, 0.1) is 0 Å². The van der Waals surface area contributed by atoms with Crippen LogP contribution >= 0.6 is 11.6 Å². The zero-order valence-electron chi connectivity index (χ0n) is 8.76. The van der Waals surface area contributed by atoms with Crippen molar-refractivity contribution < 1.29 is 19.6 Å². The summed E-state index contributed by atoms with van der Waals surface area (Å²) in [6.07, 6.45) is -0.626. The van der Waals surface area contributed by atoms with Crippen LogP contribution in [-0.4, -0.2) is 28.8 Å². The summed E-state index contributed by atoms with van der Waals surface area (Å²) in [6.45, 7) is 1.73. The molecule has 1 unspecified atom stereocenters. The lowest BCUT2D eigenvalue weighted by Gasteiger charge is -2.12. The minimum absolute atomic E-state index is 0.341. The average Bonchev–Trinajstić information content (AvgIpc) is 2.28. The van der Waals surface area contributed by atoms with Gasteiger partial charge in [-0.05, 0) is 23.5 Å². The molecule has 6 heteroatoms. The minimum atomic E-state index is -1.21. The molecular formula is C10H12BClO4. The van der Waals surface area contributed by atoms with E-state index in [-0.39, 0.29) is 0 Å². The van der Waals surface area contributed by atoms with Gasteiger partial charge in [0, 0.05) is 5.56 Å². The van der Waals surface area contributed by atoms with Crippen molar-refractivity contribution in [3.05, 3.63) is 29.8 Å². The van der Waals surface area contributed by atoms with Crippen molar-refractivity contribution in [1.29, 1.82) is 0 Å². The van der Waals surface area contributed by atoms with Gasteiger partial charge in [-0.25, -0.2) is 0 Å². The van der Waals surface area contributed by atoms with Crippen LogP contribution in [0.2, 0.25) is 0 Å². The normalized spacial score (nSPS) is 12.2. The number of hydrogen-bond acceptors (Lipinski definition) is 4. The molecule has 0 aliphatic heterocycles. The van der Waals surface area contributed by atoms with Crippen LogP contribution < -0.4 is 5.46 Å². The molecule has 0 aromatic heterocycles. The number of carbonyl (C=O) groups is 1. The summed E-state index contributed by atoms with van der Waals surface area (Å²) in [5, 5.41) is 18.2. The SMILES string of the molecule is CCC(O)OB(O)c1ccc(C(=O)Cl)cc1. The van der Waals surface area contributed by atoms with Gasteiger partial charge in [0.1, 0.15) is 6.29 Å². The monoisotopic (exact) mass is 242 g/mol. The van der Waals surface area contributed by atoms with E-state index in [2.05, 4.69) is 0 Å². The summed E-state index contributed by atoms with van der Waals surface area (Å²) in [4.78, 5) is 10.8. The van der Waals surface area contributed by atoms with Gasteiger partial charge in [0.2, 0.25) is 0 Å². The van der Waals surface area contributed by atoms with Crippen LogP contribution in [0.25, 0.3) is 0 Å². The second kappa shape index (κ2) is 6.01. The van der Waals surface area contributed by atoms with E-state index in [0.29, 0.717) is 17.4 Å². The lowest BCUT2D eigenvalue weighted by Crippen LogP contribution is -2.37. The molecular weight excluding hydrogens is 230 g/mol. The van der Waals surface area contributed by atoms with E-state index in [1.807, 2.05) is 0 Å². The third-order valence-corrected chi connectivity index (χ3v) is 2.28. The van der Waals surface area contributed by atoms with E-state index in [1.54, 1.807) is 6.92 Å². The molecule has 0 saturated heterocycles. The number of halogens is 1. The largest absolute Gasteiger partial charge is 0.493 e. The lowest BCUT2D eigenvalue weighted by atomic mass is 9.79. The first-order chi connectivity index (χ1) is 7.54. The van der Waals surface area contributed by atoms with Crippen molar-refractivity contribution in [2.24, 2.45) is 0 Å². The van der Waals surface area contributed by atoms with Crippen LogP contribution in [-0.2, 0) is 4.65 Å². The standard InChI is InChI=1S/C10H12BClO4/c1-2-9(13)16-11(15)8-5-3-7(4-6-8)10(12)14/h3-6,9,13,15H,2H2,1H3. The Hall–Kier alpha value is -0.875. The van der Waals surface area contributed by atoms with Crippen LogP contribution in [0.3, 0.4) is 0 Å². The molecule has 0 radical (unpaired) electrons. The zero-order valence-corrected chi connectivity index (χ0v) is 9.52. The van der Waals surface area contributed by atoms with Gasteiger partial charge in [-0.3, -0.25) is 4.79 Å². The topological polar surface area (TPSA) is 66.8 Å². The molecule has 16 heavy (non-hydrogen) atoms. The predicted molar refractivity (Wildman–Crippen MR) is 61.6 cm³/mol. The number of carbonyl (C=O) groups excluding carboxylic acids is 1. The fourth-order valence-electron chi connectivity index (χ4n) is 1.10. The highest BCUT2D eigenvalue weighted by Gasteiger charge is 2.19. The number of rotatable bonds is 5. The third kappa shape index (κ3) is 3.61. The molecule has 0 fully saturated rings. The van der Waals surface area contributed by atoms with E-state index in [4.69, 9.17) is 16.3 Å². The summed E-state index contributed by atoms with van der Waals surface area (Å²) in [5.74, 6) is 0. The van der Waals surface area contributed by atoms with Crippen molar-refractivity contribution >= 4 is 29.4 Å². The molecule has 0 amide bonds. The van der Waals surface area contributed by atoms with Gasteiger partial charge < -0.3 is 14.8 Å². The number of aliphatic hydroxyl groups excluding tert-OH is 1. The highest BCUT2D eigenvalue weighted by Crippen LogP contribution is 2.03. The molecule has 1 atom stereocenters. The van der Waals surface area contributed by atoms with E-state index in [9.17, 15) is 14.9 Å². The smallest absolute Gasteiger partial charge is 0.423 e. The fraction of sp³-hybridized carbons (Fsp3) is 0.300. The quantitative estimate of drug-likeness (QED) is 0.448. The highest BCUT2D eigenvalue weighted by atomic mass is 35.5. The van der Waals surface area contributed by atoms with Crippen molar-refractivity contribution in [3.8, 4) is 0 Å². The number of aliphatic hydroxyl groups is 1. The molecule has 1 aromatic rings. The Balaban J connectivity index is 2.70. The maximum Gasteiger partial charge on any atom is 0.493 e. The van der Waals surface area contributed by atoms with E-state index < -0.39 is 18.7 Å². The Morgan fingerprint density at radius 1 is 1.50 bits per heavy atom. The molecule has 0 spiro atoms. The summed E-state index contributed by atoms with van der Waals surface area (Å²) in [5.41, 5.74) is 0.794. The van der Waals surface area contributed by atoms with Gasteiger partial charge in [-0.1, -0.05) is 31.2 Å². The van der Waals surface area contributed by atoms with Crippen molar-refractivity contribution in [2.75, 3.05) is 0 Å². The summed E-state index contributed by atoms with van der Waals surface area (Å²) in [7, 11) is -1.21. The molecule has 4 nitrogen and oxygen atoms in total. The van der Waals surface area contributed by atoms with E-state index >= 15 is 0 Å². The Kier molecular flexibility index (Phi) is 4.95. The Morgan fingerprint density at radius 2 is 2.06 bits per heavy atom. The van der Waals surface area contributed by atoms with Crippen LogP contribution in [0.5, 0.6) is 0 Å². The maximum absolute atomic E-state index is 10.8. The Morgan fingerprint density at radius 3 is 2.50 bits per heavy atom. The van der Waals surface area contributed by atoms with Crippen molar-refractivity contribution in [2.45, 2.75) is 19.6 Å². The molecule has 0 aliphatic carbocycles. The first kappa shape index (κ1) is 13.2. The van der Waals surface area contributed by atoms with E-state index in [1.165, 1.54) is 24.3 Å². The first-order valence-corrected chi connectivity index (χ1v) is 5.23. The fourth-order valence-corrected chi connectivity index (χ4v) is 1.23. The van der Waals surface area contributed by atoms with Crippen molar-refractivity contribution in [3.63, 3.8) is 0 Å². The number of benzene rings is 1. The van der Waals surface area contributed by atoms with Gasteiger partial charge in [-0.2, -0.15) is 0 Å². The van der Waals surface area contributed by atoms with Gasteiger partial charge in [0.15, 0.2) is 0 Å². The molecule has 0 saturated carbocycles. The van der Waals surface area contributed by atoms with Gasteiger partial charge in [-0.15, -0.1) is 0 Å². The summed E-state index contributed by atoms with van der Waals surface area (Å²) < 4.78 is 4.88. The molecule has 2 N–H and O–H groups in total. The molecule has 0 bridgehead atoms. The summed E-state index contributed by atoms with van der Waals surface area (Å²) in [6, 6.07) is 6.00. The highest BCUT2D eigenvalue weighted by molar-refractivity contribution is 6.67. The zero-order chi connectivity index (χ0) is 12.1. The second-order valence-electron chi connectivity index (χ2n) is 3.25.